The van der Waals surface area contributed by atoms with Crippen LogP contribution >= 0.6 is 15.6 Å². The molecular formula is H7BO9P2. The van der Waals surface area contributed by atoms with Crippen LogP contribution in [0.5, 0.6) is 0 Å². The number of hydrogen-bond acceptors (Lipinski definition) is 5. The summed E-state index contributed by atoms with van der Waals surface area (Å²) in [5.74, 6) is 0. The zero-order chi connectivity index (χ0) is 10.4. The average molecular weight is 224 g/mol. The van der Waals surface area contributed by atoms with Gasteiger partial charge in [-0.05, 0) is 0 Å². The van der Waals surface area contributed by atoms with Crippen molar-refractivity contribution in [2.45, 2.75) is 0 Å². The molecule has 0 heterocycles. The lowest BCUT2D eigenvalue weighted by atomic mass is 10.5. The van der Waals surface area contributed by atoms with Crippen LogP contribution in [0.3, 0.4) is 0 Å². The van der Waals surface area contributed by atoms with Gasteiger partial charge in [-0.25, -0.2) is 9.13 Å². The molecule has 0 aliphatic heterocycles. The summed E-state index contributed by atoms with van der Waals surface area (Å²) < 4.78 is 22.2. The van der Waals surface area contributed by atoms with Gasteiger partial charge in [0.1, 0.15) is 0 Å². The highest BCUT2D eigenvalue weighted by molar-refractivity contribution is 7.60. The summed E-state index contributed by atoms with van der Waals surface area (Å²) in [7, 11) is -10.9. The van der Waals surface area contributed by atoms with Crippen LogP contribution in [0.2, 0.25) is 0 Å². The SMILES string of the molecule is O=P(O)(O)OP(=O)(O)O.OBO. The molecular weight excluding hydrogens is 217 g/mol. The van der Waals surface area contributed by atoms with Crippen LogP contribution in [0, 0.1) is 0 Å². The molecule has 0 radical (unpaired) electrons. The van der Waals surface area contributed by atoms with Gasteiger partial charge in [0.2, 0.25) is 0 Å². The van der Waals surface area contributed by atoms with Crippen molar-refractivity contribution in [2.75, 3.05) is 0 Å². The van der Waals surface area contributed by atoms with Gasteiger partial charge in [0, 0.05) is 0 Å². The monoisotopic (exact) mass is 224 g/mol. The van der Waals surface area contributed by atoms with E-state index < -0.39 is 23.3 Å². The normalized spacial score (nSPS) is 11.5. The van der Waals surface area contributed by atoms with E-state index in [0.717, 1.165) is 0 Å². The lowest BCUT2D eigenvalue weighted by molar-refractivity contribution is 0.225. The molecule has 9 nitrogen and oxygen atoms in total. The van der Waals surface area contributed by atoms with E-state index in [1.54, 1.807) is 0 Å². The molecule has 0 saturated heterocycles. The molecule has 0 aromatic carbocycles. The lowest BCUT2D eigenvalue weighted by Crippen LogP contribution is -1.84. The quantitative estimate of drug-likeness (QED) is 0.218. The first-order valence-corrected chi connectivity index (χ1v) is 5.22. The lowest BCUT2D eigenvalue weighted by Gasteiger charge is -2.03. The van der Waals surface area contributed by atoms with Crippen molar-refractivity contribution in [2.24, 2.45) is 0 Å². The van der Waals surface area contributed by atoms with Crippen molar-refractivity contribution in [3.8, 4) is 0 Å². The average Bonchev–Trinajstić information content (AvgIpc) is 1.53. The van der Waals surface area contributed by atoms with Crippen LogP contribution in [-0.4, -0.2) is 37.3 Å². The van der Waals surface area contributed by atoms with Crippen LogP contribution in [0.1, 0.15) is 0 Å². The molecule has 0 atom stereocenters. The minimum Gasteiger partial charge on any atom is -0.430 e. The number of hydrogen-bond donors (Lipinski definition) is 6. The first kappa shape index (κ1) is 14.8. The Morgan fingerprint density at radius 3 is 1.08 bits per heavy atom. The van der Waals surface area contributed by atoms with Crippen LogP contribution < -0.4 is 0 Å². The van der Waals surface area contributed by atoms with Gasteiger partial charge in [-0.3, -0.25) is 0 Å². The van der Waals surface area contributed by atoms with Gasteiger partial charge in [0.15, 0.2) is 0 Å². The van der Waals surface area contributed by atoms with E-state index in [2.05, 4.69) is 4.31 Å². The maximum absolute atomic E-state index is 9.63. The highest BCUT2D eigenvalue weighted by atomic mass is 31.3. The molecule has 0 amide bonds. The van der Waals surface area contributed by atoms with E-state index in [9.17, 15) is 9.13 Å². The molecule has 12 heteroatoms. The van der Waals surface area contributed by atoms with Crippen molar-refractivity contribution in [1.82, 2.24) is 0 Å². The van der Waals surface area contributed by atoms with E-state index in [4.69, 9.17) is 29.6 Å². The molecule has 0 aliphatic rings. The minimum absolute atomic E-state index is 0.750. The summed E-state index contributed by atoms with van der Waals surface area (Å²) in [5, 5.41) is 14.2. The second-order valence-electron chi connectivity index (χ2n) is 1.20. The van der Waals surface area contributed by atoms with Crippen molar-refractivity contribution in [1.29, 1.82) is 0 Å². The molecule has 0 bridgehead atoms. The van der Waals surface area contributed by atoms with E-state index >= 15 is 0 Å². The third kappa shape index (κ3) is 22.5. The standard InChI is InChI=1S/BH3O2.H4O7P2/c2-1-3;1-8(2,3)7-9(4,5)6/h1-3H;(H2,1,2,3)(H2,4,5,6). The Bertz CT molecular complexity index is 165. The Morgan fingerprint density at radius 2 is 1.08 bits per heavy atom. The summed E-state index contributed by atoms with van der Waals surface area (Å²) in [6.45, 7) is 0. The maximum atomic E-state index is 9.63. The van der Waals surface area contributed by atoms with Gasteiger partial charge in [0.25, 0.3) is 0 Å². The second-order valence-corrected chi connectivity index (χ2v) is 3.82. The van der Waals surface area contributed by atoms with Crippen molar-refractivity contribution >= 4 is 23.3 Å². The fourth-order valence-electron chi connectivity index (χ4n) is 0.139. The summed E-state index contributed by atoms with van der Waals surface area (Å²) in [4.78, 5) is 31.0. The number of phosphoric acid groups is 2. The van der Waals surface area contributed by atoms with Gasteiger partial charge in [0.05, 0.1) is 0 Å². The molecule has 0 aromatic rings. The first-order valence-electron chi connectivity index (χ1n) is 2.16. The topological polar surface area (TPSA) is 165 Å². The number of rotatable bonds is 2. The summed E-state index contributed by atoms with van der Waals surface area (Å²) in [6, 6.07) is 0. The molecule has 12 heavy (non-hydrogen) atoms. The maximum Gasteiger partial charge on any atom is 0.478 e. The minimum atomic E-state index is -5.05. The zero-order valence-electron chi connectivity index (χ0n) is 5.51. The molecule has 0 aromatic heterocycles. The van der Waals surface area contributed by atoms with E-state index in [-0.39, 0.29) is 0 Å². The fraction of sp³-hybridized carbons (Fsp3) is 0. The molecule has 74 valence electrons. The van der Waals surface area contributed by atoms with Crippen LogP contribution in [0.4, 0.5) is 0 Å². The van der Waals surface area contributed by atoms with Gasteiger partial charge < -0.3 is 29.6 Å². The van der Waals surface area contributed by atoms with E-state index in [1.807, 2.05) is 0 Å². The summed E-state index contributed by atoms with van der Waals surface area (Å²) >= 11 is 0. The smallest absolute Gasteiger partial charge is 0.430 e. The Balaban J connectivity index is 0. The Labute approximate surface area is 67.4 Å². The Kier molecular flexibility index (Phi) is 7.15. The highest BCUT2D eigenvalue weighted by Crippen LogP contribution is 2.53. The molecule has 6 N–H and O–H groups in total. The van der Waals surface area contributed by atoms with Crippen LogP contribution in [0.25, 0.3) is 0 Å². The predicted octanol–water partition coefficient (Wildman–Crippen LogP) is -2.57. The van der Waals surface area contributed by atoms with Gasteiger partial charge in [-0.2, -0.15) is 4.31 Å². The molecule has 0 aliphatic carbocycles. The fourth-order valence-corrected chi connectivity index (χ4v) is 1.25. The third-order valence-corrected chi connectivity index (χ3v) is 1.91. The van der Waals surface area contributed by atoms with Gasteiger partial charge in [-0.15, -0.1) is 0 Å². The largest absolute Gasteiger partial charge is 0.478 e. The molecule has 0 rings (SSSR count). The Hall–Kier alpha value is 0.245. The second kappa shape index (κ2) is 5.82. The Morgan fingerprint density at radius 1 is 0.917 bits per heavy atom. The van der Waals surface area contributed by atoms with E-state index in [0.29, 0.717) is 0 Å². The predicted molar refractivity (Wildman–Crippen MR) is 36.8 cm³/mol. The van der Waals surface area contributed by atoms with Crippen molar-refractivity contribution < 1.29 is 43.1 Å². The summed E-state index contributed by atoms with van der Waals surface area (Å²) in [6.07, 6.45) is 0. The summed E-state index contributed by atoms with van der Waals surface area (Å²) in [5.41, 5.74) is 0. The van der Waals surface area contributed by atoms with Crippen LogP contribution in [0.15, 0.2) is 0 Å². The third-order valence-electron chi connectivity index (χ3n) is 0.213. The highest BCUT2D eigenvalue weighted by Gasteiger charge is 2.27. The molecule has 0 unspecified atom stereocenters. The van der Waals surface area contributed by atoms with Gasteiger partial charge in [-0.1, -0.05) is 0 Å². The van der Waals surface area contributed by atoms with Crippen molar-refractivity contribution in [3.63, 3.8) is 0 Å². The zero-order valence-corrected chi connectivity index (χ0v) is 7.30. The van der Waals surface area contributed by atoms with Gasteiger partial charge >= 0.3 is 23.3 Å². The molecule has 0 spiro atoms. The molecule has 0 fully saturated rings. The van der Waals surface area contributed by atoms with Crippen molar-refractivity contribution in [3.05, 3.63) is 0 Å². The first-order chi connectivity index (χ1) is 5.12. The molecule has 0 saturated carbocycles. The van der Waals surface area contributed by atoms with E-state index in [1.165, 1.54) is 0 Å². The van der Waals surface area contributed by atoms with Crippen LogP contribution in [-0.2, 0) is 13.4 Å².